The van der Waals surface area contributed by atoms with E-state index in [2.05, 4.69) is 0 Å². The van der Waals surface area contributed by atoms with Gasteiger partial charge in [0.1, 0.15) is 24.4 Å². The highest BCUT2D eigenvalue weighted by molar-refractivity contribution is 4.99. The average Bonchev–Trinajstić information content (AvgIpc) is 2.41. The molecule has 1 unspecified atom stereocenters. The number of hydrogen-bond donors (Lipinski definition) is 5. The Hall–Kier alpha value is -0.240. The van der Waals surface area contributed by atoms with Crippen molar-refractivity contribution in [1.29, 1.82) is 0 Å². The van der Waals surface area contributed by atoms with E-state index in [0.29, 0.717) is 12.8 Å². The van der Waals surface area contributed by atoms with Crippen molar-refractivity contribution >= 4 is 0 Å². The van der Waals surface area contributed by atoms with Gasteiger partial charge in [0.05, 0.1) is 6.61 Å². The third-order valence-corrected chi connectivity index (χ3v) is 4.19. The number of aliphatic hydroxyl groups is 5. The first-order valence-corrected chi connectivity index (χ1v) is 6.56. The second-order valence-electron chi connectivity index (χ2n) is 5.35. The summed E-state index contributed by atoms with van der Waals surface area (Å²) >= 11 is 0. The summed E-state index contributed by atoms with van der Waals surface area (Å²) in [7, 11) is 0. The molecule has 1 heterocycles. The molecule has 1 saturated heterocycles. The monoisotopic (exact) mass is 262 g/mol. The first-order valence-electron chi connectivity index (χ1n) is 6.56. The number of hydrogen-bond acceptors (Lipinski definition) is 6. The molecule has 2 fully saturated rings. The number of ether oxygens (including phenoxy) is 1. The van der Waals surface area contributed by atoms with Gasteiger partial charge in [0, 0.05) is 5.92 Å². The predicted molar refractivity (Wildman–Crippen MR) is 61.5 cm³/mol. The topological polar surface area (TPSA) is 110 Å². The maximum absolute atomic E-state index is 10.5. The molecule has 2 rings (SSSR count). The third kappa shape index (κ3) is 2.29. The van der Waals surface area contributed by atoms with Crippen molar-refractivity contribution in [3.05, 3.63) is 0 Å². The molecule has 5 atom stereocenters. The van der Waals surface area contributed by atoms with E-state index in [1.54, 1.807) is 0 Å². The SMILES string of the molecule is OC[C@H]1OC(O)(C2CCCCC2)[C@H](O)[C@@H](O)[C@@H]1O. The van der Waals surface area contributed by atoms with Crippen molar-refractivity contribution in [2.24, 2.45) is 5.92 Å². The van der Waals surface area contributed by atoms with E-state index >= 15 is 0 Å². The summed E-state index contributed by atoms with van der Waals surface area (Å²) in [5.74, 6) is -2.16. The smallest absolute Gasteiger partial charge is 0.198 e. The Morgan fingerprint density at radius 1 is 1.00 bits per heavy atom. The molecule has 106 valence electrons. The van der Waals surface area contributed by atoms with Crippen LogP contribution < -0.4 is 0 Å². The first kappa shape index (κ1) is 14.2. The highest BCUT2D eigenvalue weighted by atomic mass is 16.7. The standard InChI is InChI=1S/C12H22O6/c13-6-8-9(14)10(15)11(16)12(17,18-8)7-4-2-1-3-5-7/h7-11,13-17H,1-6H2/t8-,9-,10+,11-,12?/m1/s1. The molecule has 1 saturated carbocycles. The van der Waals surface area contributed by atoms with Crippen molar-refractivity contribution < 1.29 is 30.3 Å². The Kier molecular flexibility index (Phi) is 4.25. The third-order valence-electron chi connectivity index (χ3n) is 4.19. The van der Waals surface area contributed by atoms with Crippen molar-refractivity contribution in [3.8, 4) is 0 Å². The minimum absolute atomic E-state index is 0.280. The van der Waals surface area contributed by atoms with Gasteiger partial charge in [0.15, 0.2) is 5.79 Å². The number of rotatable bonds is 2. The minimum atomic E-state index is -1.88. The fourth-order valence-electron chi connectivity index (χ4n) is 3.03. The Bertz CT molecular complexity index is 274. The summed E-state index contributed by atoms with van der Waals surface area (Å²) in [6.45, 7) is -0.514. The van der Waals surface area contributed by atoms with Crippen LogP contribution in [0, 0.1) is 5.92 Å². The molecule has 0 spiro atoms. The second-order valence-corrected chi connectivity index (χ2v) is 5.35. The molecule has 0 radical (unpaired) electrons. The Morgan fingerprint density at radius 3 is 2.17 bits per heavy atom. The number of aliphatic hydroxyl groups excluding tert-OH is 4. The fraction of sp³-hybridized carbons (Fsp3) is 1.00. The van der Waals surface area contributed by atoms with Crippen LogP contribution in [0.5, 0.6) is 0 Å². The van der Waals surface area contributed by atoms with E-state index in [4.69, 9.17) is 9.84 Å². The largest absolute Gasteiger partial charge is 0.394 e. The van der Waals surface area contributed by atoms with E-state index in [-0.39, 0.29) is 5.92 Å². The fourth-order valence-corrected chi connectivity index (χ4v) is 3.03. The molecule has 5 N–H and O–H groups in total. The van der Waals surface area contributed by atoms with Crippen molar-refractivity contribution in [2.75, 3.05) is 6.61 Å². The van der Waals surface area contributed by atoms with Gasteiger partial charge in [0.2, 0.25) is 0 Å². The van der Waals surface area contributed by atoms with Crippen LogP contribution in [-0.4, -0.2) is 62.3 Å². The Balaban J connectivity index is 2.18. The highest BCUT2D eigenvalue weighted by Gasteiger charge is 2.56. The van der Waals surface area contributed by atoms with Crippen LogP contribution in [0.2, 0.25) is 0 Å². The molecular weight excluding hydrogens is 240 g/mol. The van der Waals surface area contributed by atoms with Gasteiger partial charge in [-0.15, -0.1) is 0 Å². The normalized spacial score (nSPS) is 47.2. The van der Waals surface area contributed by atoms with Gasteiger partial charge < -0.3 is 30.3 Å². The molecule has 2 aliphatic rings. The zero-order chi connectivity index (χ0) is 13.3. The predicted octanol–water partition coefficient (Wildman–Crippen LogP) is -1.27. The van der Waals surface area contributed by atoms with Gasteiger partial charge in [0.25, 0.3) is 0 Å². The van der Waals surface area contributed by atoms with Gasteiger partial charge in [-0.3, -0.25) is 0 Å². The van der Waals surface area contributed by atoms with Crippen molar-refractivity contribution in [1.82, 2.24) is 0 Å². The Labute approximate surface area is 106 Å². The van der Waals surface area contributed by atoms with E-state index in [1.807, 2.05) is 0 Å². The van der Waals surface area contributed by atoms with Crippen LogP contribution in [0.15, 0.2) is 0 Å². The summed E-state index contributed by atoms with van der Waals surface area (Å²) < 4.78 is 5.30. The lowest BCUT2D eigenvalue weighted by Crippen LogP contribution is -2.67. The summed E-state index contributed by atoms with van der Waals surface area (Å²) in [4.78, 5) is 0. The molecule has 0 bridgehead atoms. The molecule has 0 aromatic heterocycles. The molecule has 0 amide bonds. The lowest BCUT2D eigenvalue weighted by molar-refractivity contribution is -0.370. The molecule has 6 heteroatoms. The zero-order valence-electron chi connectivity index (χ0n) is 10.3. The molecule has 0 aromatic rings. The van der Waals surface area contributed by atoms with Gasteiger partial charge in [-0.25, -0.2) is 0 Å². The van der Waals surface area contributed by atoms with E-state index in [0.717, 1.165) is 19.3 Å². The summed E-state index contributed by atoms with van der Waals surface area (Å²) in [5, 5.41) is 49.0. The quantitative estimate of drug-likeness (QED) is 0.424. The van der Waals surface area contributed by atoms with Crippen LogP contribution in [0.1, 0.15) is 32.1 Å². The van der Waals surface area contributed by atoms with E-state index in [1.165, 1.54) is 0 Å². The van der Waals surface area contributed by atoms with Crippen LogP contribution >= 0.6 is 0 Å². The maximum Gasteiger partial charge on any atom is 0.198 e. The molecule has 6 nitrogen and oxygen atoms in total. The van der Waals surface area contributed by atoms with Crippen molar-refractivity contribution in [3.63, 3.8) is 0 Å². The highest BCUT2D eigenvalue weighted by Crippen LogP contribution is 2.40. The summed E-state index contributed by atoms with van der Waals surface area (Å²) in [6, 6.07) is 0. The lowest BCUT2D eigenvalue weighted by Gasteiger charge is -2.49. The van der Waals surface area contributed by atoms with Gasteiger partial charge in [-0.1, -0.05) is 19.3 Å². The summed E-state index contributed by atoms with van der Waals surface area (Å²) in [5.41, 5.74) is 0. The minimum Gasteiger partial charge on any atom is -0.394 e. The lowest BCUT2D eigenvalue weighted by atomic mass is 9.77. The maximum atomic E-state index is 10.5. The van der Waals surface area contributed by atoms with Gasteiger partial charge in [-0.05, 0) is 12.8 Å². The molecule has 0 aromatic carbocycles. The van der Waals surface area contributed by atoms with Crippen LogP contribution in [0.3, 0.4) is 0 Å². The van der Waals surface area contributed by atoms with Crippen LogP contribution in [0.4, 0.5) is 0 Å². The second kappa shape index (κ2) is 5.40. The van der Waals surface area contributed by atoms with E-state index < -0.39 is 36.8 Å². The molecule has 1 aliphatic carbocycles. The zero-order valence-corrected chi connectivity index (χ0v) is 10.3. The molecule has 18 heavy (non-hydrogen) atoms. The van der Waals surface area contributed by atoms with Crippen LogP contribution in [0.25, 0.3) is 0 Å². The van der Waals surface area contributed by atoms with E-state index in [9.17, 15) is 20.4 Å². The molecule has 1 aliphatic heterocycles. The van der Waals surface area contributed by atoms with Gasteiger partial charge in [-0.2, -0.15) is 0 Å². The van der Waals surface area contributed by atoms with Crippen molar-refractivity contribution in [2.45, 2.75) is 62.3 Å². The van der Waals surface area contributed by atoms with Gasteiger partial charge >= 0.3 is 0 Å². The summed E-state index contributed by atoms with van der Waals surface area (Å²) in [6.07, 6.45) is -1.18. The Morgan fingerprint density at radius 2 is 1.61 bits per heavy atom. The first-order chi connectivity index (χ1) is 8.50. The molecular formula is C12H22O6. The average molecular weight is 262 g/mol. The van der Waals surface area contributed by atoms with Crippen LogP contribution in [-0.2, 0) is 4.74 Å².